The van der Waals surface area contributed by atoms with Crippen LogP contribution in [0.3, 0.4) is 0 Å². The van der Waals surface area contributed by atoms with E-state index >= 15 is 0 Å². The summed E-state index contributed by atoms with van der Waals surface area (Å²) in [5.74, 6) is -0.0849. The van der Waals surface area contributed by atoms with Gasteiger partial charge in [-0.2, -0.15) is 5.10 Å². The lowest BCUT2D eigenvalue weighted by molar-refractivity contribution is 0.0950. The van der Waals surface area contributed by atoms with Crippen LogP contribution in [0.5, 0.6) is 0 Å². The van der Waals surface area contributed by atoms with E-state index in [1.165, 1.54) is 0 Å². The summed E-state index contributed by atoms with van der Waals surface area (Å²) in [6, 6.07) is 3.96. The Bertz CT molecular complexity index is 527. The van der Waals surface area contributed by atoms with Gasteiger partial charge >= 0.3 is 0 Å². The lowest BCUT2D eigenvalue weighted by Gasteiger charge is -2.03. The zero-order chi connectivity index (χ0) is 12.4. The Morgan fingerprint density at radius 3 is 2.82 bits per heavy atom. The van der Waals surface area contributed by atoms with Crippen LogP contribution in [-0.2, 0) is 6.54 Å². The molecule has 6 heteroatoms. The molecule has 0 saturated carbocycles. The lowest BCUT2D eigenvalue weighted by atomic mass is 10.2. The molecule has 0 unspecified atom stereocenters. The molecule has 0 radical (unpaired) electrons. The number of nitrogens with zero attached hydrogens (tertiary/aromatic N) is 1. The number of H-pyrrole nitrogens is 1. The highest BCUT2D eigenvalue weighted by molar-refractivity contribution is 9.11. The number of halogens is 1. The summed E-state index contributed by atoms with van der Waals surface area (Å²) < 4.78 is 1.07. The Morgan fingerprint density at radius 1 is 1.53 bits per heavy atom. The van der Waals surface area contributed by atoms with Crippen LogP contribution < -0.4 is 5.32 Å². The van der Waals surface area contributed by atoms with Crippen LogP contribution in [0.1, 0.15) is 26.6 Å². The summed E-state index contributed by atoms with van der Waals surface area (Å²) in [5.41, 5.74) is 2.17. The number of carbonyl (C=O) groups excluding carboxylic acids is 1. The molecule has 0 fully saturated rings. The Labute approximate surface area is 112 Å². The monoisotopic (exact) mass is 313 g/mol. The van der Waals surface area contributed by atoms with Gasteiger partial charge in [0.15, 0.2) is 0 Å². The average Bonchev–Trinajstić information content (AvgIpc) is 2.83. The van der Waals surface area contributed by atoms with E-state index in [2.05, 4.69) is 31.4 Å². The van der Waals surface area contributed by atoms with Crippen molar-refractivity contribution >= 4 is 33.2 Å². The van der Waals surface area contributed by atoms with E-state index in [4.69, 9.17) is 0 Å². The third kappa shape index (κ3) is 2.76. The van der Waals surface area contributed by atoms with Crippen LogP contribution in [0.2, 0.25) is 0 Å². The number of amides is 1. The summed E-state index contributed by atoms with van der Waals surface area (Å²) in [6.45, 7) is 4.20. The Hall–Kier alpha value is -1.14. The molecular formula is C11H12BrN3OS. The fourth-order valence-corrected chi connectivity index (χ4v) is 3.01. The summed E-state index contributed by atoms with van der Waals surface area (Å²) in [6.07, 6.45) is 0. The van der Waals surface area contributed by atoms with Gasteiger partial charge in [0.2, 0.25) is 0 Å². The molecule has 0 aliphatic rings. The molecule has 2 aromatic rings. The van der Waals surface area contributed by atoms with E-state index < -0.39 is 0 Å². The van der Waals surface area contributed by atoms with Gasteiger partial charge in [0, 0.05) is 10.6 Å². The largest absolute Gasteiger partial charge is 0.347 e. The highest BCUT2D eigenvalue weighted by Gasteiger charge is 2.14. The molecule has 1 amide bonds. The molecule has 90 valence electrons. The van der Waals surface area contributed by atoms with Crippen molar-refractivity contribution in [3.8, 4) is 0 Å². The van der Waals surface area contributed by atoms with Crippen LogP contribution in [0.4, 0.5) is 0 Å². The summed E-state index contributed by atoms with van der Waals surface area (Å²) >= 11 is 5.01. The van der Waals surface area contributed by atoms with Crippen molar-refractivity contribution in [3.05, 3.63) is 37.7 Å². The normalized spacial score (nSPS) is 10.5. The van der Waals surface area contributed by atoms with E-state index in [1.54, 1.807) is 11.3 Å². The fourth-order valence-electron chi connectivity index (χ4n) is 1.59. The topological polar surface area (TPSA) is 57.8 Å². The lowest BCUT2D eigenvalue weighted by Crippen LogP contribution is -2.23. The first-order chi connectivity index (χ1) is 8.08. The third-order valence-electron chi connectivity index (χ3n) is 2.41. The number of hydrogen-bond donors (Lipinski definition) is 2. The first-order valence-corrected chi connectivity index (χ1v) is 6.73. The number of nitrogens with one attached hydrogen (secondary N) is 2. The number of aromatic amines is 1. The first-order valence-electron chi connectivity index (χ1n) is 5.12. The minimum Gasteiger partial charge on any atom is -0.347 e. The zero-order valence-electron chi connectivity index (χ0n) is 9.50. The van der Waals surface area contributed by atoms with Gasteiger partial charge in [-0.05, 0) is 41.9 Å². The van der Waals surface area contributed by atoms with Gasteiger partial charge in [-0.3, -0.25) is 9.89 Å². The molecule has 4 nitrogen and oxygen atoms in total. The SMILES string of the molecule is Cc1n[nH]c(C)c1C(=O)NCc1ccc(Br)s1. The average molecular weight is 314 g/mol. The maximum atomic E-state index is 11.9. The van der Waals surface area contributed by atoms with Crippen molar-refractivity contribution in [2.75, 3.05) is 0 Å². The maximum Gasteiger partial charge on any atom is 0.255 e. The van der Waals surface area contributed by atoms with Crippen LogP contribution >= 0.6 is 27.3 Å². The van der Waals surface area contributed by atoms with Gasteiger partial charge < -0.3 is 5.32 Å². The van der Waals surface area contributed by atoms with Crippen molar-refractivity contribution in [1.82, 2.24) is 15.5 Å². The number of carbonyl (C=O) groups is 1. The fraction of sp³-hybridized carbons (Fsp3) is 0.273. The number of hydrogen-bond acceptors (Lipinski definition) is 3. The molecule has 2 rings (SSSR count). The third-order valence-corrected chi connectivity index (χ3v) is 4.03. The minimum absolute atomic E-state index is 0.0849. The van der Waals surface area contributed by atoms with E-state index in [0.29, 0.717) is 12.1 Å². The molecule has 0 spiro atoms. The Morgan fingerprint density at radius 2 is 2.29 bits per heavy atom. The molecule has 17 heavy (non-hydrogen) atoms. The summed E-state index contributed by atoms with van der Waals surface area (Å²) in [4.78, 5) is 13.1. The van der Waals surface area contributed by atoms with Gasteiger partial charge in [-0.25, -0.2) is 0 Å². The molecule has 2 aromatic heterocycles. The first kappa shape index (κ1) is 12.3. The van der Waals surface area contributed by atoms with Crippen LogP contribution in [0, 0.1) is 13.8 Å². The van der Waals surface area contributed by atoms with E-state index in [9.17, 15) is 4.79 Å². The predicted molar refractivity (Wildman–Crippen MR) is 71.3 cm³/mol. The maximum absolute atomic E-state index is 11.9. The molecule has 0 saturated heterocycles. The predicted octanol–water partition coefficient (Wildman–Crippen LogP) is 2.78. The number of aromatic nitrogens is 2. The van der Waals surface area contributed by atoms with Crippen molar-refractivity contribution in [2.24, 2.45) is 0 Å². The molecule has 0 bridgehead atoms. The molecule has 0 aliphatic carbocycles. The minimum atomic E-state index is -0.0849. The van der Waals surface area contributed by atoms with Crippen LogP contribution in [0.25, 0.3) is 0 Å². The molecule has 2 heterocycles. The summed E-state index contributed by atoms with van der Waals surface area (Å²) in [5, 5.41) is 9.70. The van der Waals surface area contributed by atoms with Crippen molar-refractivity contribution in [2.45, 2.75) is 20.4 Å². The van der Waals surface area contributed by atoms with Crippen molar-refractivity contribution < 1.29 is 4.79 Å². The van der Waals surface area contributed by atoms with E-state index in [-0.39, 0.29) is 5.91 Å². The van der Waals surface area contributed by atoms with Gasteiger partial charge in [0.05, 0.1) is 21.6 Å². The van der Waals surface area contributed by atoms with Crippen LogP contribution in [-0.4, -0.2) is 16.1 Å². The zero-order valence-corrected chi connectivity index (χ0v) is 11.9. The second kappa shape index (κ2) is 5.01. The smallest absolute Gasteiger partial charge is 0.255 e. The molecule has 0 aliphatic heterocycles. The highest BCUT2D eigenvalue weighted by atomic mass is 79.9. The molecule has 0 aromatic carbocycles. The second-order valence-electron chi connectivity index (χ2n) is 3.70. The molecular weight excluding hydrogens is 302 g/mol. The van der Waals surface area contributed by atoms with E-state index in [1.807, 2.05) is 26.0 Å². The number of rotatable bonds is 3. The van der Waals surface area contributed by atoms with Gasteiger partial charge in [-0.1, -0.05) is 0 Å². The van der Waals surface area contributed by atoms with Gasteiger partial charge in [0.1, 0.15) is 0 Å². The van der Waals surface area contributed by atoms with E-state index in [0.717, 1.165) is 20.1 Å². The molecule has 0 atom stereocenters. The second-order valence-corrected chi connectivity index (χ2v) is 6.25. The van der Waals surface area contributed by atoms with Crippen molar-refractivity contribution in [1.29, 1.82) is 0 Å². The van der Waals surface area contributed by atoms with Crippen molar-refractivity contribution in [3.63, 3.8) is 0 Å². The Kier molecular flexibility index (Phi) is 3.63. The van der Waals surface area contributed by atoms with Crippen LogP contribution in [0.15, 0.2) is 15.9 Å². The highest BCUT2D eigenvalue weighted by Crippen LogP contribution is 2.21. The van der Waals surface area contributed by atoms with Gasteiger partial charge in [0.25, 0.3) is 5.91 Å². The standard InChI is InChI=1S/C11H12BrN3OS/c1-6-10(7(2)15-14-6)11(16)13-5-8-3-4-9(12)17-8/h3-4H,5H2,1-2H3,(H,13,16)(H,14,15). The number of aryl methyl sites for hydroxylation is 2. The summed E-state index contributed by atoms with van der Waals surface area (Å²) in [7, 11) is 0. The quantitative estimate of drug-likeness (QED) is 0.915. The number of thiophene rings is 1. The van der Waals surface area contributed by atoms with Gasteiger partial charge in [-0.15, -0.1) is 11.3 Å². The molecule has 2 N–H and O–H groups in total. The Balaban J connectivity index is 2.03.